The number of hydrogen-bond donors (Lipinski definition) is 0. The highest BCUT2D eigenvalue weighted by molar-refractivity contribution is 6.35. The summed E-state index contributed by atoms with van der Waals surface area (Å²) in [5, 5.41) is 14.2. The molecule has 2 aromatic rings. The number of esters is 1. The Hall–Kier alpha value is -3.12. The number of allylic oxidation sites excluding steroid dienone is 1. The molecule has 5 nitrogen and oxygen atoms in total. The summed E-state index contributed by atoms with van der Waals surface area (Å²) in [4.78, 5) is 14.4. The first kappa shape index (κ1) is 22.6. The third-order valence-corrected chi connectivity index (χ3v) is 5.21. The topological polar surface area (TPSA) is 67.4 Å². The van der Waals surface area contributed by atoms with E-state index in [1.54, 1.807) is 19.1 Å². The Morgan fingerprint density at radius 2 is 1.94 bits per heavy atom. The molecule has 3 rings (SSSR count). The number of nitrogens with zero attached hydrogens (tertiary/aromatic N) is 3. The fraction of sp³-hybridized carbons (Fsp3) is 0.250. The van der Waals surface area contributed by atoms with Crippen LogP contribution in [-0.4, -0.2) is 12.6 Å². The summed E-state index contributed by atoms with van der Waals surface area (Å²) >= 11 is 12.5. The highest BCUT2D eigenvalue weighted by Crippen LogP contribution is 2.46. The second kappa shape index (κ2) is 10.3. The molecule has 2 aromatic carbocycles. The van der Waals surface area contributed by atoms with E-state index in [0.717, 1.165) is 16.8 Å². The lowest BCUT2D eigenvalue weighted by Gasteiger charge is -2.37. The van der Waals surface area contributed by atoms with Crippen molar-refractivity contribution in [3.05, 3.63) is 80.3 Å². The van der Waals surface area contributed by atoms with Gasteiger partial charge in [-0.2, -0.15) is 5.26 Å². The third-order valence-electron chi connectivity index (χ3n) is 4.65. The van der Waals surface area contributed by atoms with Gasteiger partial charge in [0.2, 0.25) is 0 Å². The number of carbonyl (C=O) groups is 1. The van der Waals surface area contributed by atoms with Crippen LogP contribution in [0.4, 0.5) is 5.69 Å². The van der Waals surface area contributed by atoms with Crippen LogP contribution >= 0.6 is 23.2 Å². The number of benzene rings is 2. The minimum Gasteiger partial charge on any atom is -0.654 e. The molecule has 0 aromatic heterocycles. The Morgan fingerprint density at radius 3 is 2.58 bits per heavy atom. The van der Waals surface area contributed by atoms with Gasteiger partial charge in [-0.3, -0.25) is 0 Å². The zero-order valence-electron chi connectivity index (χ0n) is 17.2. The average Bonchev–Trinajstić information content (AvgIpc) is 3.09. The van der Waals surface area contributed by atoms with Gasteiger partial charge in [-0.25, -0.2) is 4.79 Å². The molecule has 1 atom stereocenters. The predicted octanol–water partition coefficient (Wildman–Crippen LogP) is 6.34. The Balaban J connectivity index is 1.98. The summed E-state index contributed by atoms with van der Waals surface area (Å²) in [6, 6.07) is 14.9. The Kier molecular flexibility index (Phi) is 7.47. The molecular formula is C24H20Cl2N3O2-. The van der Waals surface area contributed by atoms with E-state index in [0.29, 0.717) is 28.6 Å². The van der Waals surface area contributed by atoms with E-state index in [4.69, 9.17) is 33.2 Å². The van der Waals surface area contributed by atoms with Gasteiger partial charge in [0.1, 0.15) is 0 Å². The number of ether oxygens (including phenoxy) is 1. The Morgan fingerprint density at radius 1 is 1.19 bits per heavy atom. The lowest BCUT2D eigenvalue weighted by molar-refractivity contribution is -0.138. The van der Waals surface area contributed by atoms with Crippen LogP contribution in [-0.2, 0) is 9.53 Å². The molecule has 0 radical (unpaired) electrons. The molecule has 0 fully saturated rings. The summed E-state index contributed by atoms with van der Waals surface area (Å²) in [5.74, 6) is 5.55. The zero-order chi connectivity index (χ0) is 22.4. The maximum atomic E-state index is 12.5. The fourth-order valence-electron chi connectivity index (χ4n) is 3.21. The molecule has 0 spiro atoms. The lowest BCUT2D eigenvalue weighted by Crippen LogP contribution is -2.22. The monoisotopic (exact) mass is 452 g/mol. The molecule has 0 bridgehead atoms. The van der Waals surface area contributed by atoms with Crippen molar-refractivity contribution in [1.82, 2.24) is 0 Å². The maximum absolute atomic E-state index is 12.5. The minimum atomic E-state index is -0.531. The van der Waals surface area contributed by atoms with Gasteiger partial charge in [-0.05, 0) is 67.7 Å². The Bertz CT molecular complexity index is 1110. The van der Waals surface area contributed by atoms with Crippen molar-refractivity contribution in [2.75, 3.05) is 11.5 Å². The molecule has 158 valence electrons. The van der Waals surface area contributed by atoms with Crippen molar-refractivity contribution >= 4 is 34.9 Å². The quantitative estimate of drug-likeness (QED) is 0.301. The first-order chi connectivity index (χ1) is 15.0. The van der Waals surface area contributed by atoms with Crippen molar-refractivity contribution in [1.29, 1.82) is 5.26 Å². The van der Waals surface area contributed by atoms with Crippen molar-refractivity contribution < 1.29 is 9.53 Å². The second-order valence-electron chi connectivity index (χ2n) is 6.70. The normalized spacial score (nSPS) is 15.1. The number of unbranched alkanes of at least 4 members (excludes halogenated alkanes) is 1. The van der Waals surface area contributed by atoms with Gasteiger partial charge in [0.25, 0.3) is 0 Å². The van der Waals surface area contributed by atoms with Crippen LogP contribution in [0.3, 0.4) is 0 Å². The standard InChI is InChI=1S/C24H20Cl2N3O2/c1-3-31-24(30)22-16(2)29(23(28-22)20-13-10-18(25)15-21(20)26)19-11-8-17(9-12-19)7-5-4-6-14-27/h8-13,15,23H,3-4,6H2,1-2H3/q-1. The molecule has 1 heterocycles. The summed E-state index contributed by atoms with van der Waals surface area (Å²) in [6.07, 6.45) is 0.409. The van der Waals surface area contributed by atoms with Crippen LogP contribution in [0, 0.1) is 23.2 Å². The predicted molar refractivity (Wildman–Crippen MR) is 123 cm³/mol. The van der Waals surface area contributed by atoms with Crippen LogP contribution in [0.25, 0.3) is 5.32 Å². The van der Waals surface area contributed by atoms with E-state index in [1.165, 1.54) is 0 Å². The van der Waals surface area contributed by atoms with Crippen molar-refractivity contribution in [2.45, 2.75) is 32.9 Å². The van der Waals surface area contributed by atoms with Crippen LogP contribution in [0.2, 0.25) is 10.0 Å². The van der Waals surface area contributed by atoms with Crippen LogP contribution in [0.1, 0.15) is 44.0 Å². The molecule has 0 saturated carbocycles. The van der Waals surface area contributed by atoms with Gasteiger partial charge in [0.15, 0.2) is 0 Å². The van der Waals surface area contributed by atoms with E-state index >= 15 is 0 Å². The van der Waals surface area contributed by atoms with Crippen molar-refractivity contribution in [2.24, 2.45) is 0 Å². The number of carbonyl (C=O) groups excluding carboxylic acids is 1. The van der Waals surface area contributed by atoms with Gasteiger partial charge in [0, 0.05) is 39.8 Å². The molecule has 0 aliphatic carbocycles. The van der Waals surface area contributed by atoms with Crippen molar-refractivity contribution in [3.63, 3.8) is 0 Å². The van der Waals surface area contributed by atoms with E-state index in [2.05, 4.69) is 23.2 Å². The minimum absolute atomic E-state index is 0.261. The van der Waals surface area contributed by atoms with Crippen LogP contribution in [0.5, 0.6) is 0 Å². The highest BCUT2D eigenvalue weighted by Gasteiger charge is 2.27. The average molecular weight is 453 g/mol. The summed E-state index contributed by atoms with van der Waals surface area (Å²) in [7, 11) is 0. The van der Waals surface area contributed by atoms with E-state index in [1.807, 2.05) is 42.2 Å². The number of nitriles is 1. The molecule has 0 amide bonds. The smallest absolute Gasteiger partial charge is 0.317 e. The third kappa shape index (κ3) is 5.14. The molecule has 7 heteroatoms. The van der Waals surface area contributed by atoms with Gasteiger partial charge >= 0.3 is 5.97 Å². The molecule has 1 aliphatic rings. The summed E-state index contributed by atoms with van der Waals surface area (Å²) in [6.45, 7) is 3.84. The largest absolute Gasteiger partial charge is 0.654 e. The van der Waals surface area contributed by atoms with Crippen LogP contribution in [0.15, 0.2) is 53.9 Å². The second-order valence-corrected chi connectivity index (χ2v) is 7.54. The fourth-order valence-corrected chi connectivity index (χ4v) is 3.72. The van der Waals surface area contributed by atoms with Gasteiger partial charge in [-0.1, -0.05) is 41.1 Å². The lowest BCUT2D eigenvalue weighted by atomic mass is 10.1. The Labute approximate surface area is 192 Å². The van der Waals surface area contributed by atoms with Gasteiger partial charge in [-0.15, -0.1) is 0 Å². The molecule has 31 heavy (non-hydrogen) atoms. The molecule has 1 aliphatic heterocycles. The van der Waals surface area contributed by atoms with E-state index in [9.17, 15) is 4.79 Å². The molecule has 0 N–H and O–H groups in total. The molecule has 0 saturated heterocycles. The number of halogens is 2. The zero-order valence-corrected chi connectivity index (χ0v) is 18.7. The molecule has 1 unspecified atom stereocenters. The SMILES string of the molecule is CCOC(=O)C1=C(C)N(c2ccc(C#CCCC#N)cc2)C(c2ccc(Cl)cc2Cl)[N-]1. The van der Waals surface area contributed by atoms with Crippen molar-refractivity contribution in [3.8, 4) is 17.9 Å². The molecular weight excluding hydrogens is 433 g/mol. The van der Waals surface area contributed by atoms with Gasteiger partial charge in [0.05, 0.1) is 12.7 Å². The van der Waals surface area contributed by atoms with E-state index in [-0.39, 0.29) is 12.3 Å². The summed E-state index contributed by atoms with van der Waals surface area (Å²) in [5.41, 5.74) is 3.33. The summed E-state index contributed by atoms with van der Waals surface area (Å²) < 4.78 is 5.18. The van der Waals surface area contributed by atoms with Crippen LogP contribution < -0.4 is 4.90 Å². The van der Waals surface area contributed by atoms with Gasteiger partial charge < -0.3 is 15.0 Å². The maximum Gasteiger partial charge on any atom is 0.317 e. The van der Waals surface area contributed by atoms with E-state index < -0.39 is 12.1 Å². The highest BCUT2D eigenvalue weighted by atomic mass is 35.5. The number of anilines is 1. The first-order valence-electron chi connectivity index (χ1n) is 9.75. The first-order valence-corrected chi connectivity index (χ1v) is 10.5. The number of rotatable bonds is 5. The number of hydrogen-bond acceptors (Lipinski definition) is 4.